The van der Waals surface area contributed by atoms with Crippen LogP contribution >= 0.6 is 0 Å². The lowest BCUT2D eigenvalue weighted by atomic mass is 10.1. The van der Waals surface area contributed by atoms with Gasteiger partial charge in [0.1, 0.15) is 12.3 Å². The third kappa shape index (κ3) is 2.59. The van der Waals surface area contributed by atoms with Gasteiger partial charge in [0, 0.05) is 5.69 Å². The standard InChI is InChI=1S/C16H20N2O2/c1-5-13-11(2)17-18(12(13)3)10-15(19)14-8-6-7-9-16(14)20-4/h6-9H,5,10H2,1-4H3. The summed E-state index contributed by atoms with van der Waals surface area (Å²) in [6.07, 6.45) is 0.931. The van der Waals surface area contributed by atoms with Gasteiger partial charge in [0.05, 0.1) is 18.4 Å². The molecular formula is C16H20N2O2. The molecule has 0 saturated heterocycles. The zero-order valence-electron chi connectivity index (χ0n) is 12.4. The monoisotopic (exact) mass is 272 g/mol. The SMILES string of the molecule is CCc1c(C)nn(CC(=O)c2ccccc2OC)c1C. The fourth-order valence-electron chi connectivity index (χ4n) is 2.50. The summed E-state index contributed by atoms with van der Waals surface area (Å²) >= 11 is 0. The number of ketones is 1. The highest BCUT2D eigenvalue weighted by atomic mass is 16.5. The van der Waals surface area contributed by atoms with Gasteiger partial charge in [-0.3, -0.25) is 9.48 Å². The van der Waals surface area contributed by atoms with Crippen LogP contribution in [-0.2, 0) is 13.0 Å². The molecule has 2 aromatic rings. The molecule has 0 radical (unpaired) electrons. The minimum Gasteiger partial charge on any atom is -0.496 e. The molecule has 0 bridgehead atoms. The summed E-state index contributed by atoms with van der Waals surface area (Å²) in [5.41, 5.74) is 3.88. The quantitative estimate of drug-likeness (QED) is 0.786. The molecule has 0 aliphatic heterocycles. The van der Waals surface area contributed by atoms with E-state index < -0.39 is 0 Å². The molecule has 106 valence electrons. The molecule has 0 amide bonds. The van der Waals surface area contributed by atoms with Gasteiger partial charge in [0.15, 0.2) is 5.78 Å². The molecule has 0 fully saturated rings. The van der Waals surface area contributed by atoms with Crippen LogP contribution in [-0.4, -0.2) is 22.7 Å². The molecule has 0 atom stereocenters. The van der Waals surface area contributed by atoms with Crippen LogP contribution in [0, 0.1) is 13.8 Å². The van der Waals surface area contributed by atoms with Gasteiger partial charge in [-0.05, 0) is 38.0 Å². The number of ether oxygens (including phenoxy) is 1. The second kappa shape index (κ2) is 5.90. The maximum Gasteiger partial charge on any atom is 0.187 e. The molecular weight excluding hydrogens is 252 g/mol. The topological polar surface area (TPSA) is 44.1 Å². The number of methoxy groups -OCH3 is 1. The van der Waals surface area contributed by atoms with Crippen molar-refractivity contribution in [2.24, 2.45) is 0 Å². The van der Waals surface area contributed by atoms with E-state index in [4.69, 9.17) is 4.74 Å². The summed E-state index contributed by atoms with van der Waals surface area (Å²) in [5, 5.41) is 4.46. The molecule has 4 heteroatoms. The van der Waals surface area contributed by atoms with Gasteiger partial charge in [0.25, 0.3) is 0 Å². The fraction of sp³-hybridized carbons (Fsp3) is 0.375. The van der Waals surface area contributed by atoms with Crippen molar-refractivity contribution in [3.63, 3.8) is 0 Å². The van der Waals surface area contributed by atoms with E-state index in [-0.39, 0.29) is 12.3 Å². The summed E-state index contributed by atoms with van der Waals surface area (Å²) in [6.45, 7) is 6.33. The number of benzene rings is 1. The number of hydrogen-bond donors (Lipinski definition) is 0. The van der Waals surface area contributed by atoms with E-state index in [0.717, 1.165) is 17.8 Å². The van der Waals surface area contributed by atoms with E-state index in [2.05, 4.69) is 12.0 Å². The van der Waals surface area contributed by atoms with Gasteiger partial charge in [-0.2, -0.15) is 5.10 Å². The van der Waals surface area contributed by atoms with Crippen LogP contribution in [0.4, 0.5) is 0 Å². The average molecular weight is 272 g/mol. The Hall–Kier alpha value is -2.10. The first-order valence-electron chi connectivity index (χ1n) is 6.77. The highest BCUT2D eigenvalue weighted by Gasteiger charge is 2.16. The van der Waals surface area contributed by atoms with Crippen LogP contribution in [0.2, 0.25) is 0 Å². The minimum absolute atomic E-state index is 0.00991. The van der Waals surface area contributed by atoms with Gasteiger partial charge in [0.2, 0.25) is 0 Å². The van der Waals surface area contributed by atoms with Crippen LogP contribution in [0.15, 0.2) is 24.3 Å². The zero-order chi connectivity index (χ0) is 14.7. The van der Waals surface area contributed by atoms with Gasteiger partial charge in [-0.15, -0.1) is 0 Å². The van der Waals surface area contributed by atoms with E-state index in [1.54, 1.807) is 23.9 Å². The number of carbonyl (C=O) groups is 1. The number of para-hydroxylation sites is 1. The Morgan fingerprint density at radius 2 is 2.00 bits per heavy atom. The lowest BCUT2D eigenvalue weighted by Gasteiger charge is -2.08. The van der Waals surface area contributed by atoms with Gasteiger partial charge < -0.3 is 4.74 Å². The van der Waals surface area contributed by atoms with Crippen molar-refractivity contribution >= 4 is 5.78 Å². The molecule has 4 nitrogen and oxygen atoms in total. The predicted molar refractivity (Wildman–Crippen MR) is 78.4 cm³/mol. The lowest BCUT2D eigenvalue weighted by Crippen LogP contribution is -2.14. The summed E-state index contributed by atoms with van der Waals surface area (Å²) in [4.78, 5) is 12.4. The zero-order valence-corrected chi connectivity index (χ0v) is 12.4. The Morgan fingerprint density at radius 1 is 1.30 bits per heavy atom. The van der Waals surface area contributed by atoms with Crippen molar-refractivity contribution in [2.45, 2.75) is 33.7 Å². The number of Topliss-reactive ketones (excluding diaryl/α,β-unsaturated/α-hetero) is 1. The Bertz CT molecular complexity index is 629. The second-order valence-corrected chi connectivity index (χ2v) is 4.78. The summed E-state index contributed by atoms with van der Waals surface area (Å²) in [5.74, 6) is 0.616. The molecule has 2 rings (SSSR count). The lowest BCUT2D eigenvalue weighted by molar-refractivity contribution is 0.0963. The first-order chi connectivity index (χ1) is 9.58. The van der Waals surface area contributed by atoms with Crippen molar-refractivity contribution in [2.75, 3.05) is 7.11 Å². The number of aromatic nitrogens is 2. The van der Waals surface area contributed by atoms with Crippen molar-refractivity contribution in [3.05, 3.63) is 46.8 Å². The number of aryl methyl sites for hydroxylation is 1. The maximum absolute atomic E-state index is 12.4. The van der Waals surface area contributed by atoms with E-state index in [0.29, 0.717) is 11.3 Å². The molecule has 20 heavy (non-hydrogen) atoms. The summed E-state index contributed by atoms with van der Waals surface area (Å²) < 4.78 is 7.01. The highest BCUT2D eigenvalue weighted by molar-refractivity contribution is 5.98. The minimum atomic E-state index is 0.00991. The Kier molecular flexibility index (Phi) is 4.23. The van der Waals surface area contributed by atoms with Crippen LogP contribution < -0.4 is 4.74 Å². The molecule has 0 aliphatic carbocycles. The smallest absolute Gasteiger partial charge is 0.187 e. The largest absolute Gasteiger partial charge is 0.496 e. The van der Waals surface area contributed by atoms with E-state index >= 15 is 0 Å². The third-order valence-electron chi connectivity index (χ3n) is 3.59. The molecule has 1 aromatic heterocycles. The Balaban J connectivity index is 2.28. The average Bonchev–Trinajstić information content (AvgIpc) is 2.72. The summed E-state index contributed by atoms with van der Waals surface area (Å²) in [6, 6.07) is 7.28. The molecule has 0 aliphatic rings. The normalized spacial score (nSPS) is 10.6. The van der Waals surface area contributed by atoms with Crippen LogP contribution in [0.25, 0.3) is 0 Å². The number of rotatable bonds is 5. The van der Waals surface area contributed by atoms with Gasteiger partial charge in [-0.1, -0.05) is 19.1 Å². The molecule has 0 saturated carbocycles. The first kappa shape index (κ1) is 14.3. The van der Waals surface area contributed by atoms with E-state index in [1.807, 2.05) is 26.0 Å². The fourth-order valence-corrected chi connectivity index (χ4v) is 2.50. The van der Waals surface area contributed by atoms with E-state index in [9.17, 15) is 4.79 Å². The first-order valence-corrected chi connectivity index (χ1v) is 6.77. The Labute approximate surface area is 119 Å². The van der Waals surface area contributed by atoms with Crippen molar-refractivity contribution < 1.29 is 9.53 Å². The highest BCUT2D eigenvalue weighted by Crippen LogP contribution is 2.20. The van der Waals surface area contributed by atoms with E-state index in [1.165, 1.54) is 5.56 Å². The predicted octanol–water partition coefficient (Wildman–Crippen LogP) is 2.95. The number of hydrogen-bond acceptors (Lipinski definition) is 3. The van der Waals surface area contributed by atoms with Gasteiger partial charge >= 0.3 is 0 Å². The number of carbonyl (C=O) groups excluding carboxylic acids is 1. The van der Waals surface area contributed by atoms with Crippen molar-refractivity contribution in [3.8, 4) is 5.75 Å². The van der Waals surface area contributed by atoms with Crippen LogP contribution in [0.5, 0.6) is 5.75 Å². The van der Waals surface area contributed by atoms with Gasteiger partial charge in [-0.25, -0.2) is 0 Å². The molecule has 0 unspecified atom stereocenters. The Morgan fingerprint density at radius 3 is 2.60 bits per heavy atom. The molecule has 0 spiro atoms. The molecule has 0 N–H and O–H groups in total. The second-order valence-electron chi connectivity index (χ2n) is 4.78. The molecule has 1 heterocycles. The van der Waals surface area contributed by atoms with Crippen LogP contribution in [0.1, 0.15) is 34.2 Å². The maximum atomic E-state index is 12.4. The number of nitrogens with zero attached hydrogens (tertiary/aromatic N) is 2. The van der Waals surface area contributed by atoms with Crippen molar-refractivity contribution in [1.82, 2.24) is 9.78 Å². The molecule has 1 aromatic carbocycles. The third-order valence-corrected chi connectivity index (χ3v) is 3.59. The summed E-state index contributed by atoms with van der Waals surface area (Å²) in [7, 11) is 1.57. The van der Waals surface area contributed by atoms with Crippen molar-refractivity contribution in [1.29, 1.82) is 0 Å². The van der Waals surface area contributed by atoms with Crippen LogP contribution in [0.3, 0.4) is 0 Å².